The van der Waals surface area contributed by atoms with E-state index in [0.29, 0.717) is 6.61 Å². The summed E-state index contributed by atoms with van der Waals surface area (Å²) in [5.74, 6) is 0. The van der Waals surface area contributed by atoms with E-state index >= 15 is 0 Å². The van der Waals surface area contributed by atoms with Crippen LogP contribution in [0.5, 0.6) is 0 Å². The van der Waals surface area contributed by atoms with Gasteiger partial charge in [-0.15, -0.1) is 0 Å². The Kier molecular flexibility index (Phi) is 7.25. The Morgan fingerprint density at radius 2 is 1.44 bits per heavy atom. The van der Waals surface area contributed by atoms with Gasteiger partial charge in [0.25, 0.3) is 0 Å². The van der Waals surface area contributed by atoms with Crippen LogP contribution in [0, 0.1) is 0 Å². The number of alkyl halides is 3. The summed E-state index contributed by atoms with van der Waals surface area (Å²) in [7, 11) is -1.69. The van der Waals surface area contributed by atoms with Gasteiger partial charge in [-0.1, -0.05) is 49.4 Å². The quantitative estimate of drug-likeness (QED) is 0.527. The van der Waals surface area contributed by atoms with Gasteiger partial charge >= 0.3 is 6.18 Å². The molecule has 0 radical (unpaired) electrons. The summed E-state index contributed by atoms with van der Waals surface area (Å²) in [6, 6.07) is 15.4. The maximum atomic E-state index is 12.8. The molecule has 1 unspecified atom stereocenters. The van der Waals surface area contributed by atoms with Gasteiger partial charge in [0.2, 0.25) is 0 Å². The van der Waals surface area contributed by atoms with Gasteiger partial charge in [-0.2, -0.15) is 13.2 Å². The maximum absolute atomic E-state index is 12.8. The first kappa shape index (κ1) is 21.7. The van der Waals surface area contributed by atoms with Crippen LogP contribution in [0.4, 0.5) is 13.2 Å². The minimum Gasteiger partial charge on any atom is -0.416 e. The van der Waals surface area contributed by atoms with Gasteiger partial charge in [0.1, 0.15) is 0 Å². The summed E-state index contributed by atoms with van der Waals surface area (Å²) in [5, 5.41) is 3.58. The standard InChI is InChI=1S/C21H28F3NOSi/c1-5-19(17-11-13-18(14-12-17)21(22,23)24)25-20(15-26-27(2,3)4)16-9-7-6-8-10-16/h6-14,19-20,25H,5,15H2,1-4H3/t19?,20-/m1/s1. The van der Waals surface area contributed by atoms with Crippen LogP contribution in [0.1, 0.15) is 42.1 Å². The van der Waals surface area contributed by atoms with E-state index < -0.39 is 20.1 Å². The van der Waals surface area contributed by atoms with Crippen LogP contribution in [-0.4, -0.2) is 14.9 Å². The minimum absolute atomic E-state index is 0.0230. The third-order valence-corrected chi connectivity index (χ3v) is 5.37. The number of hydrogen-bond acceptors (Lipinski definition) is 2. The predicted molar refractivity (Wildman–Crippen MR) is 106 cm³/mol. The summed E-state index contributed by atoms with van der Waals surface area (Å²) >= 11 is 0. The topological polar surface area (TPSA) is 21.3 Å². The summed E-state index contributed by atoms with van der Waals surface area (Å²) in [5.41, 5.74) is 1.34. The minimum atomic E-state index is -4.31. The highest BCUT2D eigenvalue weighted by molar-refractivity contribution is 6.69. The third-order valence-electron chi connectivity index (χ3n) is 4.34. The SMILES string of the molecule is CCC(N[C@H](CO[Si](C)(C)C)c1ccccc1)c1ccc(C(F)(F)F)cc1. The molecule has 1 N–H and O–H groups in total. The molecular weight excluding hydrogens is 367 g/mol. The van der Waals surface area contributed by atoms with Crippen molar-refractivity contribution in [3.05, 3.63) is 71.3 Å². The number of nitrogens with one attached hydrogen (secondary N) is 1. The molecule has 2 aromatic carbocycles. The van der Waals surface area contributed by atoms with Crippen LogP contribution in [0.25, 0.3) is 0 Å². The van der Waals surface area contributed by atoms with Crippen molar-refractivity contribution in [1.29, 1.82) is 0 Å². The van der Waals surface area contributed by atoms with Gasteiger partial charge in [-0.25, -0.2) is 0 Å². The fraction of sp³-hybridized carbons (Fsp3) is 0.429. The van der Waals surface area contributed by atoms with Gasteiger partial charge in [-0.05, 0) is 49.3 Å². The van der Waals surface area contributed by atoms with Crippen LogP contribution >= 0.6 is 0 Å². The third kappa shape index (κ3) is 6.79. The summed E-state index contributed by atoms with van der Waals surface area (Å²) in [6.07, 6.45) is -3.55. The van der Waals surface area contributed by atoms with Gasteiger partial charge in [0.05, 0.1) is 18.2 Å². The Bertz CT molecular complexity index is 696. The fourth-order valence-electron chi connectivity index (χ4n) is 2.86. The summed E-state index contributed by atoms with van der Waals surface area (Å²) in [6.45, 7) is 8.99. The highest BCUT2D eigenvalue weighted by atomic mass is 28.4. The molecule has 27 heavy (non-hydrogen) atoms. The van der Waals surface area contributed by atoms with Crippen molar-refractivity contribution >= 4 is 8.32 Å². The van der Waals surface area contributed by atoms with Crippen LogP contribution < -0.4 is 5.32 Å². The van der Waals surface area contributed by atoms with E-state index in [4.69, 9.17) is 4.43 Å². The number of rotatable bonds is 8. The van der Waals surface area contributed by atoms with E-state index in [9.17, 15) is 13.2 Å². The van der Waals surface area contributed by atoms with Crippen LogP contribution in [0.2, 0.25) is 19.6 Å². The van der Waals surface area contributed by atoms with Gasteiger partial charge in [0.15, 0.2) is 8.32 Å². The second-order valence-corrected chi connectivity index (χ2v) is 12.1. The molecular formula is C21H28F3NOSi. The van der Waals surface area contributed by atoms with E-state index in [1.807, 2.05) is 37.3 Å². The molecule has 0 aromatic heterocycles. The molecule has 0 saturated heterocycles. The average Bonchev–Trinajstić information content (AvgIpc) is 2.61. The van der Waals surface area contributed by atoms with Gasteiger partial charge in [0, 0.05) is 6.04 Å². The molecule has 0 bridgehead atoms. The van der Waals surface area contributed by atoms with E-state index in [2.05, 4.69) is 25.0 Å². The van der Waals surface area contributed by atoms with Gasteiger partial charge in [-0.3, -0.25) is 0 Å². The average molecular weight is 396 g/mol. The molecule has 2 rings (SSSR count). The van der Waals surface area contributed by atoms with Crippen molar-refractivity contribution in [3.8, 4) is 0 Å². The predicted octanol–water partition coefficient (Wildman–Crippen LogP) is 6.34. The van der Waals surface area contributed by atoms with E-state index in [1.54, 1.807) is 12.1 Å². The first-order chi connectivity index (χ1) is 12.6. The van der Waals surface area contributed by atoms with Crippen molar-refractivity contribution in [1.82, 2.24) is 5.32 Å². The largest absolute Gasteiger partial charge is 0.416 e. The highest BCUT2D eigenvalue weighted by Crippen LogP contribution is 2.31. The lowest BCUT2D eigenvalue weighted by Crippen LogP contribution is -2.34. The van der Waals surface area contributed by atoms with E-state index in [0.717, 1.165) is 29.7 Å². The summed E-state index contributed by atoms with van der Waals surface area (Å²) in [4.78, 5) is 0. The molecule has 6 heteroatoms. The zero-order chi connectivity index (χ0) is 20.1. The van der Waals surface area contributed by atoms with Crippen molar-refractivity contribution in [2.24, 2.45) is 0 Å². The molecule has 0 heterocycles. The van der Waals surface area contributed by atoms with Crippen LogP contribution in [0.15, 0.2) is 54.6 Å². The Labute approximate surface area is 160 Å². The lowest BCUT2D eigenvalue weighted by molar-refractivity contribution is -0.137. The lowest BCUT2D eigenvalue weighted by atomic mass is 9.99. The van der Waals surface area contributed by atoms with Crippen molar-refractivity contribution in [2.45, 2.75) is 51.2 Å². The Morgan fingerprint density at radius 1 is 0.889 bits per heavy atom. The second-order valence-electron chi connectivity index (χ2n) is 7.63. The zero-order valence-corrected chi connectivity index (χ0v) is 17.3. The zero-order valence-electron chi connectivity index (χ0n) is 16.3. The Hall–Kier alpha value is -1.63. The Morgan fingerprint density at radius 3 is 1.93 bits per heavy atom. The number of hydrogen-bond donors (Lipinski definition) is 1. The molecule has 148 valence electrons. The molecule has 0 spiro atoms. The monoisotopic (exact) mass is 395 g/mol. The van der Waals surface area contributed by atoms with Crippen molar-refractivity contribution < 1.29 is 17.6 Å². The maximum Gasteiger partial charge on any atom is 0.416 e. The first-order valence-corrected chi connectivity index (χ1v) is 12.6. The molecule has 0 aliphatic heterocycles. The van der Waals surface area contributed by atoms with Gasteiger partial charge < -0.3 is 9.74 Å². The first-order valence-electron chi connectivity index (χ1n) is 9.22. The van der Waals surface area contributed by atoms with E-state index in [-0.39, 0.29) is 12.1 Å². The molecule has 0 saturated carbocycles. The molecule has 0 aliphatic carbocycles. The summed E-state index contributed by atoms with van der Waals surface area (Å²) < 4.78 is 44.6. The molecule has 2 atom stereocenters. The van der Waals surface area contributed by atoms with Crippen molar-refractivity contribution in [3.63, 3.8) is 0 Å². The fourth-order valence-corrected chi connectivity index (χ4v) is 3.52. The lowest BCUT2D eigenvalue weighted by Gasteiger charge is -2.29. The Balaban J connectivity index is 2.20. The molecule has 2 aromatic rings. The van der Waals surface area contributed by atoms with E-state index in [1.165, 1.54) is 0 Å². The second kappa shape index (κ2) is 9.04. The van der Waals surface area contributed by atoms with Crippen LogP contribution in [0.3, 0.4) is 0 Å². The normalized spacial score (nSPS) is 14.8. The molecule has 0 amide bonds. The van der Waals surface area contributed by atoms with Crippen molar-refractivity contribution in [2.75, 3.05) is 6.61 Å². The number of halogens is 3. The molecule has 0 aliphatic rings. The highest BCUT2D eigenvalue weighted by Gasteiger charge is 2.30. The molecule has 0 fully saturated rings. The molecule has 2 nitrogen and oxygen atoms in total. The smallest absolute Gasteiger partial charge is 0.416 e. The van der Waals surface area contributed by atoms with Crippen LogP contribution in [-0.2, 0) is 10.6 Å². The number of benzene rings is 2.